The minimum atomic E-state index is 0.840. The van der Waals surface area contributed by atoms with Crippen molar-refractivity contribution in [1.82, 2.24) is 9.55 Å². The second-order valence-electron chi connectivity index (χ2n) is 14.4. The van der Waals surface area contributed by atoms with Gasteiger partial charge in [-0.1, -0.05) is 140 Å². The van der Waals surface area contributed by atoms with Crippen LogP contribution in [0, 0.1) is 0 Å². The molecule has 3 heterocycles. The Morgan fingerprint density at radius 1 is 0.439 bits per heavy atom. The number of fused-ring (bicyclic) bond motifs is 6. The van der Waals surface area contributed by atoms with Crippen LogP contribution >= 0.6 is 0 Å². The Balaban J connectivity index is 1.11. The number of rotatable bonds is 7. The predicted octanol–water partition coefficient (Wildman–Crippen LogP) is 14.5. The van der Waals surface area contributed by atoms with E-state index in [0.717, 1.165) is 78.1 Å². The van der Waals surface area contributed by atoms with Crippen LogP contribution in [0.5, 0.6) is 0 Å². The van der Waals surface area contributed by atoms with E-state index >= 15 is 0 Å². The zero-order chi connectivity index (χ0) is 37.7. The first-order valence-corrected chi connectivity index (χ1v) is 19.3. The minimum Gasteiger partial charge on any atom is -0.455 e. The van der Waals surface area contributed by atoms with E-state index < -0.39 is 0 Å². The second-order valence-corrected chi connectivity index (χ2v) is 14.4. The van der Waals surface area contributed by atoms with Gasteiger partial charge in [0.05, 0.1) is 16.7 Å². The molecule has 268 valence electrons. The van der Waals surface area contributed by atoms with E-state index in [1.165, 1.54) is 21.8 Å². The summed E-state index contributed by atoms with van der Waals surface area (Å²) in [7, 11) is 0. The first kappa shape index (κ1) is 32.7. The Bertz CT molecular complexity index is 3180. The van der Waals surface area contributed by atoms with E-state index in [2.05, 4.69) is 209 Å². The first-order chi connectivity index (χ1) is 28.3. The Morgan fingerprint density at radius 3 is 1.81 bits per heavy atom. The van der Waals surface area contributed by atoms with E-state index in [1.807, 2.05) is 12.3 Å². The number of hydrogen-bond acceptors (Lipinski definition) is 3. The molecule has 0 aliphatic carbocycles. The van der Waals surface area contributed by atoms with Crippen LogP contribution in [0.2, 0.25) is 0 Å². The van der Waals surface area contributed by atoms with E-state index in [0.29, 0.717) is 0 Å². The summed E-state index contributed by atoms with van der Waals surface area (Å²) in [5, 5.41) is 4.58. The molecule has 4 nitrogen and oxygen atoms in total. The smallest absolute Gasteiger partial charge is 0.143 e. The maximum Gasteiger partial charge on any atom is 0.143 e. The average molecular weight is 730 g/mol. The average Bonchev–Trinajstić information content (AvgIpc) is 3.84. The van der Waals surface area contributed by atoms with Crippen LogP contribution in [0.3, 0.4) is 0 Å². The van der Waals surface area contributed by atoms with Gasteiger partial charge in [0, 0.05) is 62.1 Å². The highest BCUT2D eigenvalue weighted by Crippen LogP contribution is 2.46. The van der Waals surface area contributed by atoms with Crippen molar-refractivity contribution in [2.75, 3.05) is 4.90 Å². The predicted molar refractivity (Wildman–Crippen MR) is 237 cm³/mol. The van der Waals surface area contributed by atoms with E-state index in [1.54, 1.807) is 6.20 Å². The molecule has 11 aromatic rings. The van der Waals surface area contributed by atoms with Gasteiger partial charge < -0.3 is 13.9 Å². The standard InChI is InChI=1S/C53H35N3O/c1-3-14-36(15-4-1)42-22-13-27-50(52(42)38-16-11-19-41(34-38)56-48-25-9-7-20-44(48)45-21-8-10-26-49(45)56)55(39-17-5-2-6-18-39)40-30-28-37(29-31-40)43-23-12-24-46-47-35-54-33-32-51(47)57-53(43)46/h1-35H. The summed E-state index contributed by atoms with van der Waals surface area (Å²) in [5.41, 5.74) is 15.2. The molecule has 0 unspecified atom stereocenters. The summed E-state index contributed by atoms with van der Waals surface area (Å²) in [6, 6.07) is 71.6. The van der Waals surface area contributed by atoms with Crippen molar-refractivity contribution in [2.24, 2.45) is 0 Å². The highest BCUT2D eigenvalue weighted by molar-refractivity contribution is 6.10. The quantitative estimate of drug-likeness (QED) is 0.164. The Kier molecular flexibility index (Phi) is 7.78. The molecule has 11 rings (SSSR count). The van der Waals surface area contributed by atoms with Crippen LogP contribution in [0.25, 0.3) is 82.8 Å². The van der Waals surface area contributed by atoms with Gasteiger partial charge in [-0.2, -0.15) is 0 Å². The summed E-state index contributed by atoms with van der Waals surface area (Å²) in [4.78, 5) is 6.74. The fourth-order valence-corrected chi connectivity index (χ4v) is 8.55. The summed E-state index contributed by atoms with van der Waals surface area (Å²) >= 11 is 0. The normalized spacial score (nSPS) is 11.5. The molecule has 0 amide bonds. The SMILES string of the molecule is c1ccc(-c2cccc(N(c3ccccc3)c3ccc(-c4cccc5c4oc4ccncc45)cc3)c2-c2cccc(-n3c4ccccc4c4ccccc43)c2)cc1. The number of para-hydroxylation sites is 4. The lowest BCUT2D eigenvalue weighted by molar-refractivity contribution is 0.669. The Hall–Kier alpha value is -7.69. The highest BCUT2D eigenvalue weighted by Gasteiger charge is 2.22. The number of hydrogen-bond donors (Lipinski definition) is 0. The lowest BCUT2D eigenvalue weighted by Gasteiger charge is -2.29. The fourth-order valence-electron chi connectivity index (χ4n) is 8.55. The molecule has 0 radical (unpaired) electrons. The highest BCUT2D eigenvalue weighted by atomic mass is 16.3. The molecular weight excluding hydrogens is 695 g/mol. The van der Waals surface area contributed by atoms with Crippen LogP contribution in [-0.2, 0) is 0 Å². The minimum absolute atomic E-state index is 0.840. The van der Waals surface area contributed by atoms with Gasteiger partial charge in [-0.3, -0.25) is 4.98 Å². The van der Waals surface area contributed by atoms with Gasteiger partial charge in [-0.05, 0) is 82.9 Å². The summed E-state index contributed by atoms with van der Waals surface area (Å²) in [6.45, 7) is 0. The third-order valence-corrected chi connectivity index (χ3v) is 11.1. The number of aromatic nitrogens is 2. The van der Waals surface area contributed by atoms with Crippen molar-refractivity contribution >= 4 is 60.8 Å². The third-order valence-electron chi connectivity index (χ3n) is 11.1. The second kappa shape index (κ2) is 13.6. The van der Waals surface area contributed by atoms with Gasteiger partial charge in [0.1, 0.15) is 11.2 Å². The topological polar surface area (TPSA) is 34.2 Å². The van der Waals surface area contributed by atoms with E-state index in [9.17, 15) is 0 Å². The number of pyridine rings is 1. The van der Waals surface area contributed by atoms with Crippen molar-refractivity contribution in [2.45, 2.75) is 0 Å². The van der Waals surface area contributed by atoms with E-state index in [4.69, 9.17) is 4.42 Å². The van der Waals surface area contributed by atoms with Crippen molar-refractivity contribution in [3.8, 4) is 39.1 Å². The lowest BCUT2D eigenvalue weighted by atomic mass is 9.91. The molecule has 3 aromatic heterocycles. The van der Waals surface area contributed by atoms with Gasteiger partial charge in [-0.25, -0.2) is 0 Å². The fraction of sp³-hybridized carbons (Fsp3) is 0. The monoisotopic (exact) mass is 729 g/mol. The Morgan fingerprint density at radius 2 is 1.04 bits per heavy atom. The van der Waals surface area contributed by atoms with E-state index in [-0.39, 0.29) is 0 Å². The maximum absolute atomic E-state index is 6.41. The van der Waals surface area contributed by atoms with Gasteiger partial charge >= 0.3 is 0 Å². The molecular formula is C53H35N3O. The summed E-state index contributed by atoms with van der Waals surface area (Å²) in [5.74, 6) is 0. The molecule has 0 atom stereocenters. The molecule has 0 aliphatic heterocycles. The van der Waals surface area contributed by atoms with Crippen molar-refractivity contribution in [1.29, 1.82) is 0 Å². The Labute approximate surface area is 330 Å². The van der Waals surface area contributed by atoms with Crippen molar-refractivity contribution < 1.29 is 4.42 Å². The first-order valence-electron chi connectivity index (χ1n) is 19.3. The molecule has 0 spiro atoms. The zero-order valence-electron chi connectivity index (χ0n) is 31.0. The largest absolute Gasteiger partial charge is 0.455 e. The molecule has 0 aliphatic rings. The van der Waals surface area contributed by atoms with Crippen LogP contribution < -0.4 is 4.90 Å². The maximum atomic E-state index is 6.41. The molecule has 0 fully saturated rings. The number of benzene rings is 8. The summed E-state index contributed by atoms with van der Waals surface area (Å²) in [6.07, 6.45) is 3.66. The third kappa shape index (κ3) is 5.50. The molecule has 8 aromatic carbocycles. The zero-order valence-corrected chi connectivity index (χ0v) is 31.0. The molecule has 0 N–H and O–H groups in total. The van der Waals surface area contributed by atoms with Crippen molar-refractivity contribution in [3.63, 3.8) is 0 Å². The number of furan rings is 1. The molecule has 0 saturated heterocycles. The van der Waals surface area contributed by atoms with Crippen LogP contribution in [0.15, 0.2) is 217 Å². The molecule has 4 heteroatoms. The van der Waals surface area contributed by atoms with Gasteiger partial charge in [-0.15, -0.1) is 0 Å². The van der Waals surface area contributed by atoms with Crippen LogP contribution in [0.4, 0.5) is 17.1 Å². The number of anilines is 3. The number of nitrogens with zero attached hydrogens (tertiary/aromatic N) is 3. The van der Waals surface area contributed by atoms with Gasteiger partial charge in [0.15, 0.2) is 0 Å². The lowest BCUT2D eigenvalue weighted by Crippen LogP contribution is -2.11. The molecule has 57 heavy (non-hydrogen) atoms. The molecule has 0 saturated carbocycles. The van der Waals surface area contributed by atoms with Crippen LogP contribution in [-0.4, -0.2) is 9.55 Å². The van der Waals surface area contributed by atoms with Crippen LogP contribution in [0.1, 0.15) is 0 Å². The van der Waals surface area contributed by atoms with Crippen molar-refractivity contribution in [3.05, 3.63) is 213 Å². The van der Waals surface area contributed by atoms with Gasteiger partial charge in [0.2, 0.25) is 0 Å². The summed E-state index contributed by atoms with van der Waals surface area (Å²) < 4.78 is 8.80. The molecule has 0 bridgehead atoms. The van der Waals surface area contributed by atoms with Gasteiger partial charge in [0.25, 0.3) is 0 Å².